The van der Waals surface area contributed by atoms with E-state index in [1.54, 1.807) is 6.66 Å². The van der Waals surface area contributed by atoms with E-state index in [2.05, 4.69) is 5.09 Å². The highest BCUT2D eigenvalue weighted by Gasteiger charge is 2.22. The quantitative estimate of drug-likeness (QED) is 0.515. The molecule has 1 unspecified atom stereocenters. The van der Waals surface area contributed by atoms with Crippen LogP contribution in [0.25, 0.3) is 0 Å². The first-order valence-corrected chi connectivity index (χ1v) is 5.32. The van der Waals surface area contributed by atoms with Gasteiger partial charge in [0.15, 0.2) is 7.29 Å². The summed E-state index contributed by atoms with van der Waals surface area (Å²) in [4.78, 5) is 10.6. The highest BCUT2D eigenvalue weighted by atomic mass is 31.2. The maximum Gasteiger partial charge on any atom is 0.225 e. The van der Waals surface area contributed by atoms with E-state index >= 15 is 0 Å². The van der Waals surface area contributed by atoms with Gasteiger partial charge in [0.05, 0.1) is 0 Å². The Balaban J connectivity index is 2.62. The molecular weight excluding hydrogens is 137 g/mol. The predicted octanol–water partition coefficient (Wildman–Crippen LogP) is 0.804. The van der Waals surface area contributed by atoms with Crippen molar-refractivity contribution >= 4 is 13.2 Å². The molecule has 4 heteroatoms. The van der Waals surface area contributed by atoms with Gasteiger partial charge in [0.25, 0.3) is 0 Å². The molecule has 1 saturated heterocycles. The first-order chi connectivity index (χ1) is 4.10. The summed E-state index contributed by atoms with van der Waals surface area (Å²) < 4.78 is 11.1. The van der Waals surface area contributed by atoms with Crippen LogP contribution in [0.3, 0.4) is 0 Å². The molecule has 1 N–H and O–H groups in total. The fraction of sp³-hybridized carbons (Fsp3) is 0.800. The second kappa shape index (κ2) is 2.14. The lowest BCUT2D eigenvalue weighted by Crippen LogP contribution is -2.25. The lowest BCUT2D eigenvalue weighted by Gasteiger charge is -2.19. The van der Waals surface area contributed by atoms with E-state index in [4.69, 9.17) is 0 Å². The van der Waals surface area contributed by atoms with Crippen molar-refractivity contribution in [3.8, 4) is 0 Å². The van der Waals surface area contributed by atoms with Crippen LogP contribution in [0, 0.1) is 0 Å². The van der Waals surface area contributed by atoms with Gasteiger partial charge in [-0.2, -0.15) is 0 Å². The van der Waals surface area contributed by atoms with Crippen LogP contribution < -0.4 is 5.09 Å². The minimum atomic E-state index is -2.24. The Hall–Kier alpha value is -0.300. The molecule has 0 aromatic carbocycles. The van der Waals surface area contributed by atoms with Crippen molar-refractivity contribution in [3.05, 3.63) is 0 Å². The molecule has 0 spiro atoms. The fourth-order valence-electron chi connectivity index (χ4n) is 0.917. The van der Waals surface area contributed by atoms with E-state index in [9.17, 15) is 9.36 Å². The van der Waals surface area contributed by atoms with Gasteiger partial charge in [-0.15, -0.1) is 0 Å². The number of carbonyl (C=O) groups excluding carboxylic acids is 1. The molecule has 52 valence electrons. The van der Waals surface area contributed by atoms with E-state index in [-0.39, 0.29) is 5.91 Å². The van der Waals surface area contributed by atoms with Crippen molar-refractivity contribution in [2.75, 3.05) is 12.8 Å². The second-order valence-corrected chi connectivity index (χ2v) is 5.34. The van der Waals surface area contributed by atoms with Crippen LogP contribution in [0.4, 0.5) is 0 Å². The average Bonchev–Trinajstić information content (AvgIpc) is 1.60. The molecule has 9 heavy (non-hydrogen) atoms. The Morgan fingerprint density at radius 3 is 2.67 bits per heavy atom. The summed E-state index contributed by atoms with van der Waals surface area (Å²) in [5.41, 5.74) is 0. The molecule has 1 rings (SSSR count). The van der Waals surface area contributed by atoms with Crippen LogP contribution in [-0.2, 0) is 9.36 Å². The summed E-state index contributed by atoms with van der Waals surface area (Å²) in [7, 11) is -2.24. The Bertz CT molecular complexity index is 178. The molecule has 3 nitrogen and oxygen atoms in total. The SMILES string of the molecule is CP1(=O)CCCC(=O)N1. The topological polar surface area (TPSA) is 46.2 Å². The number of rotatable bonds is 0. The standard InChI is InChI=1S/C5H10NO2P/c1-9(8)4-2-3-5(7)6-9/h2-4H2,1H3,(H,6,7,8). The maximum absolute atomic E-state index is 11.1. The van der Waals surface area contributed by atoms with Crippen LogP contribution in [-0.4, -0.2) is 18.7 Å². The number of hydrogen-bond acceptors (Lipinski definition) is 2. The third kappa shape index (κ3) is 1.83. The van der Waals surface area contributed by atoms with Crippen LogP contribution in [0.2, 0.25) is 0 Å². The normalized spacial score (nSPS) is 35.9. The van der Waals surface area contributed by atoms with Crippen molar-refractivity contribution in [2.45, 2.75) is 12.8 Å². The van der Waals surface area contributed by atoms with Crippen LogP contribution in [0.5, 0.6) is 0 Å². The van der Waals surface area contributed by atoms with Crippen molar-refractivity contribution < 1.29 is 9.36 Å². The first-order valence-electron chi connectivity index (χ1n) is 2.98. The smallest absolute Gasteiger partial charge is 0.225 e. The summed E-state index contributed by atoms with van der Waals surface area (Å²) in [6.45, 7) is 1.62. The van der Waals surface area contributed by atoms with Crippen LogP contribution >= 0.6 is 7.29 Å². The van der Waals surface area contributed by atoms with Gasteiger partial charge < -0.3 is 9.65 Å². The van der Waals surface area contributed by atoms with Gasteiger partial charge in [0.2, 0.25) is 5.91 Å². The maximum atomic E-state index is 11.1. The molecular formula is C5H10NO2P. The zero-order valence-electron chi connectivity index (χ0n) is 5.39. The zero-order valence-corrected chi connectivity index (χ0v) is 6.28. The lowest BCUT2D eigenvalue weighted by molar-refractivity contribution is -0.119. The Morgan fingerprint density at radius 1 is 1.67 bits per heavy atom. The molecule has 1 atom stereocenters. The molecule has 0 radical (unpaired) electrons. The summed E-state index contributed by atoms with van der Waals surface area (Å²) >= 11 is 0. The van der Waals surface area contributed by atoms with E-state index in [0.717, 1.165) is 6.42 Å². The van der Waals surface area contributed by atoms with Crippen molar-refractivity contribution in [1.82, 2.24) is 5.09 Å². The van der Waals surface area contributed by atoms with Gasteiger partial charge in [0.1, 0.15) is 0 Å². The van der Waals surface area contributed by atoms with Crippen molar-refractivity contribution in [2.24, 2.45) is 0 Å². The Morgan fingerprint density at radius 2 is 2.33 bits per heavy atom. The number of hydrogen-bond donors (Lipinski definition) is 1. The van der Waals surface area contributed by atoms with E-state index in [0.29, 0.717) is 12.6 Å². The van der Waals surface area contributed by atoms with Gasteiger partial charge in [0, 0.05) is 19.2 Å². The molecule has 1 aliphatic heterocycles. The van der Waals surface area contributed by atoms with E-state index in [1.165, 1.54) is 0 Å². The highest BCUT2D eigenvalue weighted by molar-refractivity contribution is 7.61. The predicted molar refractivity (Wildman–Crippen MR) is 35.8 cm³/mol. The molecule has 0 aromatic rings. The minimum Gasteiger partial charge on any atom is -0.307 e. The third-order valence-electron chi connectivity index (χ3n) is 1.35. The van der Waals surface area contributed by atoms with Gasteiger partial charge in [-0.05, 0) is 6.42 Å². The lowest BCUT2D eigenvalue weighted by atomic mass is 10.3. The van der Waals surface area contributed by atoms with Crippen molar-refractivity contribution in [1.29, 1.82) is 0 Å². The van der Waals surface area contributed by atoms with E-state index in [1.807, 2.05) is 0 Å². The van der Waals surface area contributed by atoms with Crippen LogP contribution in [0.15, 0.2) is 0 Å². The first kappa shape index (κ1) is 6.81. The fourth-order valence-corrected chi connectivity index (χ4v) is 2.43. The largest absolute Gasteiger partial charge is 0.307 e. The summed E-state index contributed by atoms with van der Waals surface area (Å²) in [5.74, 6) is -0.0629. The molecule has 0 aliphatic carbocycles. The van der Waals surface area contributed by atoms with E-state index < -0.39 is 7.29 Å². The average molecular weight is 147 g/mol. The summed E-state index contributed by atoms with van der Waals surface area (Å²) in [6, 6.07) is 0. The summed E-state index contributed by atoms with van der Waals surface area (Å²) in [5, 5.41) is 2.47. The van der Waals surface area contributed by atoms with Crippen LogP contribution in [0.1, 0.15) is 12.8 Å². The zero-order chi connectivity index (χ0) is 6.91. The van der Waals surface area contributed by atoms with Gasteiger partial charge >= 0.3 is 0 Å². The molecule has 1 aliphatic rings. The number of amides is 1. The molecule has 0 bridgehead atoms. The molecule has 1 amide bonds. The Kier molecular flexibility index (Phi) is 1.62. The number of carbonyl (C=O) groups is 1. The third-order valence-corrected chi connectivity index (χ3v) is 3.24. The molecule has 1 heterocycles. The number of nitrogens with one attached hydrogen (secondary N) is 1. The summed E-state index contributed by atoms with van der Waals surface area (Å²) in [6.07, 6.45) is 1.98. The van der Waals surface area contributed by atoms with Gasteiger partial charge in [-0.25, -0.2) is 0 Å². The van der Waals surface area contributed by atoms with Gasteiger partial charge in [-0.1, -0.05) is 0 Å². The van der Waals surface area contributed by atoms with Gasteiger partial charge in [-0.3, -0.25) is 4.79 Å². The highest BCUT2D eigenvalue weighted by Crippen LogP contribution is 2.39. The molecule has 0 saturated carbocycles. The molecule has 0 aromatic heterocycles. The monoisotopic (exact) mass is 147 g/mol. The molecule has 1 fully saturated rings. The minimum absolute atomic E-state index is 0.0629. The van der Waals surface area contributed by atoms with Crippen molar-refractivity contribution in [3.63, 3.8) is 0 Å². The second-order valence-electron chi connectivity index (χ2n) is 2.46. The Labute approximate surface area is 54.3 Å².